The zero-order valence-electron chi connectivity index (χ0n) is 30.3. The van der Waals surface area contributed by atoms with Gasteiger partial charge in [-0.05, 0) is 56.0 Å². The van der Waals surface area contributed by atoms with Gasteiger partial charge in [0.2, 0.25) is 11.8 Å². The molecular weight excluding hydrogens is 813 g/mol. The Labute approximate surface area is 335 Å². The lowest BCUT2D eigenvalue weighted by molar-refractivity contribution is -0.274. The fraction of sp³-hybridized carbons (Fsp3) is 0.324. The highest BCUT2D eigenvalue weighted by molar-refractivity contribution is 6.35. The highest BCUT2D eigenvalue weighted by Crippen LogP contribution is 2.57. The lowest BCUT2D eigenvalue weighted by atomic mass is 9.90. The van der Waals surface area contributed by atoms with Gasteiger partial charge in [0.1, 0.15) is 22.4 Å². The van der Waals surface area contributed by atoms with Crippen molar-refractivity contribution in [2.45, 2.75) is 62.4 Å². The van der Waals surface area contributed by atoms with Crippen LogP contribution in [-0.4, -0.2) is 82.6 Å². The maximum absolute atomic E-state index is 14.8. The molecule has 4 heterocycles. The maximum Gasteiger partial charge on any atom is 0.573 e. The number of aliphatic carboxylic acids is 1. The number of fused-ring (bicyclic) bond motifs is 1. The molecule has 4 aromatic rings. The number of carboxylic acid groups (broad SMARTS) is 1. The molecule has 4 N–H and O–H groups in total. The largest absolute Gasteiger partial charge is 0.573 e. The number of nitrogens with one attached hydrogen (secondary N) is 1. The number of amides is 3. The normalized spacial score (nSPS) is 24.4. The Bertz CT molecular complexity index is 2400. The van der Waals surface area contributed by atoms with Gasteiger partial charge in [-0.25, -0.2) is 19.2 Å². The number of nitrogens with zero attached hydrogens (tertiary/aromatic N) is 7. The summed E-state index contributed by atoms with van der Waals surface area (Å²) in [5.41, 5.74) is 2.52. The molecule has 1 saturated heterocycles. The molecule has 4 aliphatic rings. The maximum atomic E-state index is 14.8. The molecule has 8 rings (SSSR count). The number of aromatic nitrogens is 4. The molecular formula is C37H31Cl2F4N9O6. The van der Waals surface area contributed by atoms with Crippen LogP contribution in [-0.2, 0) is 38.2 Å². The van der Waals surface area contributed by atoms with Crippen molar-refractivity contribution in [1.29, 1.82) is 0 Å². The molecule has 3 fully saturated rings. The predicted octanol–water partition coefficient (Wildman–Crippen LogP) is 4.45. The fourth-order valence-electron chi connectivity index (χ4n) is 7.85. The first kappa shape index (κ1) is 38.9. The molecule has 2 aliphatic heterocycles. The molecule has 21 heteroatoms. The van der Waals surface area contributed by atoms with Crippen LogP contribution in [0, 0.1) is 11.2 Å². The third kappa shape index (κ3) is 6.32. The molecule has 0 bridgehead atoms. The average molecular weight is 845 g/mol. The van der Waals surface area contributed by atoms with E-state index in [1.54, 1.807) is 36.5 Å². The molecule has 4 atom stereocenters. The van der Waals surface area contributed by atoms with Gasteiger partial charge in [-0.2, -0.15) is 5.10 Å². The van der Waals surface area contributed by atoms with E-state index >= 15 is 0 Å². The van der Waals surface area contributed by atoms with Gasteiger partial charge in [0.05, 0.1) is 33.5 Å². The molecule has 302 valence electrons. The first-order chi connectivity index (χ1) is 27.3. The summed E-state index contributed by atoms with van der Waals surface area (Å²) in [6.45, 7) is 1.42. The summed E-state index contributed by atoms with van der Waals surface area (Å²) in [4.78, 5) is 68.1. The van der Waals surface area contributed by atoms with Gasteiger partial charge in [0, 0.05) is 49.4 Å². The van der Waals surface area contributed by atoms with Crippen LogP contribution in [0.2, 0.25) is 10.0 Å². The highest BCUT2D eigenvalue weighted by atomic mass is 35.5. The smallest absolute Gasteiger partial charge is 0.477 e. The van der Waals surface area contributed by atoms with E-state index in [4.69, 9.17) is 28.9 Å². The van der Waals surface area contributed by atoms with Crippen LogP contribution in [0.15, 0.2) is 73.1 Å². The molecule has 0 radical (unpaired) electrons. The van der Waals surface area contributed by atoms with Crippen molar-refractivity contribution < 1.29 is 46.6 Å². The van der Waals surface area contributed by atoms with Crippen LogP contribution < -0.4 is 20.7 Å². The number of primary amides is 1. The Morgan fingerprint density at radius 2 is 1.69 bits per heavy atom. The summed E-state index contributed by atoms with van der Waals surface area (Å²) >= 11 is 12.4. The average Bonchev–Trinajstić information content (AvgIpc) is 4.00. The van der Waals surface area contributed by atoms with Crippen LogP contribution in [0.5, 0.6) is 5.75 Å². The van der Waals surface area contributed by atoms with Gasteiger partial charge in [-0.15, -0.1) is 13.2 Å². The van der Waals surface area contributed by atoms with Crippen molar-refractivity contribution in [2.75, 3.05) is 4.90 Å². The standard InChI is InChI=1S/C37H31Cl2F4N9O6/c1-34(11-18-3-5-22(6-4-18)58-37(41,42)43)32(57)51(21-9-23(38)27(40)24(39)10-21)33-50(17-25(28(53)54)52(33)34)26-12-36(26,29(44)55)31(56)48-35(7-8-35)30-45-13-19(14-46-30)20-15-47-49(2)16-20/h3-6,9-10,13-17,26,33H,7-8,11-12H2,1-2H3,(H2,44,55)(H,48,56)(H,53,54)/t26?,33?,34-,36?/m1/s1. The van der Waals surface area contributed by atoms with E-state index in [-0.39, 0.29) is 18.5 Å². The SMILES string of the molecule is Cn1cc(-c2cnc(C3(NC(=O)C4(C(N)=O)CC4N4C=C(C(=O)O)N5C4N(c4cc(Cl)c(F)c(Cl)c4)C(=O)[C@@]5(C)Cc4ccc(OC(F)(F)F)cc4)CC3)nc2)cn1. The van der Waals surface area contributed by atoms with Gasteiger partial charge in [-0.3, -0.25) is 24.0 Å². The van der Waals surface area contributed by atoms with Gasteiger partial charge < -0.3 is 30.7 Å². The quantitative estimate of drug-likeness (QED) is 0.110. The Kier molecular flexibility index (Phi) is 8.92. The van der Waals surface area contributed by atoms with Gasteiger partial charge in [0.25, 0.3) is 5.91 Å². The number of aryl methyl sites for hydroxylation is 1. The zero-order valence-corrected chi connectivity index (χ0v) is 31.8. The van der Waals surface area contributed by atoms with Crippen LogP contribution in [0.3, 0.4) is 0 Å². The minimum absolute atomic E-state index is 0.0577. The van der Waals surface area contributed by atoms with Crippen LogP contribution in [0.4, 0.5) is 23.2 Å². The monoisotopic (exact) mass is 843 g/mol. The number of rotatable bonds is 11. The van der Waals surface area contributed by atoms with Gasteiger partial charge in [0.15, 0.2) is 17.9 Å². The summed E-state index contributed by atoms with van der Waals surface area (Å²) in [5.74, 6) is -5.23. The van der Waals surface area contributed by atoms with Crippen molar-refractivity contribution >= 4 is 52.6 Å². The number of benzene rings is 2. The van der Waals surface area contributed by atoms with E-state index in [9.17, 15) is 41.8 Å². The van der Waals surface area contributed by atoms with Crippen molar-refractivity contribution in [2.24, 2.45) is 18.2 Å². The van der Waals surface area contributed by atoms with Gasteiger partial charge in [-0.1, -0.05) is 35.3 Å². The first-order valence-corrected chi connectivity index (χ1v) is 18.3. The number of carbonyl (C=O) groups is 4. The summed E-state index contributed by atoms with van der Waals surface area (Å²) in [6, 6.07) is 5.77. The van der Waals surface area contributed by atoms with E-state index in [2.05, 4.69) is 25.1 Å². The van der Waals surface area contributed by atoms with E-state index in [0.717, 1.165) is 34.7 Å². The minimum Gasteiger partial charge on any atom is -0.477 e. The summed E-state index contributed by atoms with van der Waals surface area (Å²) in [5, 5.41) is 16.7. The number of carbonyl (C=O) groups excluding carboxylic acids is 3. The molecule has 0 spiro atoms. The third-order valence-electron chi connectivity index (χ3n) is 11.0. The Morgan fingerprint density at radius 1 is 1.05 bits per heavy atom. The second kappa shape index (κ2) is 13.3. The fourth-order valence-corrected chi connectivity index (χ4v) is 8.33. The first-order valence-electron chi connectivity index (χ1n) is 17.6. The number of hydrogen-bond donors (Lipinski definition) is 3. The zero-order chi connectivity index (χ0) is 41.7. The van der Waals surface area contributed by atoms with Gasteiger partial charge >= 0.3 is 12.3 Å². The lowest BCUT2D eigenvalue weighted by Crippen LogP contribution is -2.54. The summed E-state index contributed by atoms with van der Waals surface area (Å²) < 4.78 is 58.9. The molecule has 2 aliphatic carbocycles. The van der Waals surface area contributed by atoms with E-state index in [1.165, 1.54) is 35.1 Å². The topological polar surface area (TPSA) is 189 Å². The van der Waals surface area contributed by atoms with Crippen LogP contribution in [0.25, 0.3) is 11.1 Å². The number of anilines is 1. The second-order valence-corrected chi connectivity index (χ2v) is 15.6. The molecule has 3 unspecified atom stereocenters. The van der Waals surface area contributed by atoms with E-state index < -0.39 is 86.2 Å². The number of carboxylic acids is 1. The summed E-state index contributed by atoms with van der Waals surface area (Å²) in [6.07, 6.45) is 1.88. The van der Waals surface area contributed by atoms with Crippen molar-refractivity contribution in [3.05, 3.63) is 100 Å². The number of nitrogens with two attached hydrogens (primary N) is 1. The van der Waals surface area contributed by atoms with E-state index in [1.807, 2.05) is 0 Å². The third-order valence-corrected chi connectivity index (χ3v) is 11.5. The second-order valence-electron chi connectivity index (χ2n) is 14.8. The Morgan fingerprint density at radius 3 is 2.22 bits per heavy atom. The molecule has 3 amide bonds. The Hall–Kier alpha value is -5.95. The van der Waals surface area contributed by atoms with Crippen molar-refractivity contribution in [3.8, 4) is 16.9 Å². The van der Waals surface area contributed by atoms with Crippen LogP contribution in [0.1, 0.15) is 37.6 Å². The van der Waals surface area contributed by atoms with Crippen LogP contribution >= 0.6 is 23.2 Å². The van der Waals surface area contributed by atoms with E-state index in [0.29, 0.717) is 29.8 Å². The Balaban J connectivity index is 1.14. The molecule has 2 aromatic carbocycles. The lowest BCUT2D eigenvalue weighted by Gasteiger charge is -2.37. The highest BCUT2D eigenvalue weighted by Gasteiger charge is 2.73. The predicted molar refractivity (Wildman–Crippen MR) is 196 cm³/mol. The minimum atomic E-state index is -4.96. The molecule has 58 heavy (non-hydrogen) atoms. The van der Waals surface area contributed by atoms with Crippen molar-refractivity contribution in [3.63, 3.8) is 0 Å². The number of ether oxygens (including phenoxy) is 1. The number of alkyl halides is 3. The number of halogens is 6. The molecule has 2 saturated carbocycles. The molecule has 15 nitrogen and oxygen atoms in total. The van der Waals surface area contributed by atoms with Crippen molar-refractivity contribution in [1.82, 2.24) is 34.9 Å². The number of hydrogen-bond acceptors (Lipinski definition) is 10. The summed E-state index contributed by atoms with van der Waals surface area (Å²) in [7, 11) is 1.77. The molecule has 2 aromatic heterocycles.